The van der Waals surface area contributed by atoms with Gasteiger partial charge in [0.1, 0.15) is 5.82 Å². The summed E-state index contributed by atoms with van der Waals surface area (Å²) in [5, 5.41) is 3.56. The normalized spacial score (nSPS) is 24.9. The molecule has 0 radical (unpaired) electrons. The molecule has 0 aliphatic carbocycles. The van der Waals surface area contributed by atoms with Crippen molar-refractivity contribution in [2.45, 2.75) is 18.9 Å². The van der Waals surface area contributed by atoms with Crippen LogP contribution in [0.5, 0.6) is 0 Å². The molecule has 3 nitrogen and oxygen atoms in total. The molecule has 1 atom stereocenters. The minimum Gasteiger partial charge on any atom is -0.369 e. The van der Waals surface area contributed by atoms with Crippen molar-refractivity contribution < 1.29 is 4.39 Å². The zero-order valence-corrected chi connectivity index (χ0v) is 11.3. The van der Waals surface area contributed by atoms with Crippen LogP contribution in [0.4, 0.5) is 10.1 Å². The summed E-state index contributed by atoms with van der Waals surface area (Å²) in [4.78, 5) is 4.89. The number of hydrogen-bond acceptors (Lipinski definition) is 3. The van der Waals surface area contributed by atoms with E-state index in [1.54, 1.807) is 12.1 Å². The van der Waals surface area contributed by atoms with Gasteiger partial charge in [-0.3, -0.25) is 4.90 Å². The molecule has 0 saturated carbocycles. The van der Waals surface area contributed by atoms with E-state index < -0.39 is 0 Å². The molecule has 2 saturated heterocycles. The lowest BCUT2D eigenvalue weighted by Crippen LogP contribution is -2.49. The number of nitrogens with one attached hydrogen (secondary N) is 1. The van der Waals surface area contributed by atoms with Gasteiger partial charge < -0.3 is 10.2 Å². The van der Waals surface area contributed by atoms with Crippen LogP contribution in [0.25, 0.3) is 0 Å². The fourth-order valence-electron chi connectivity index (χ4n) is 3.06. The highest BCUT2D eigenvalue weighted by Gasteiger charge is 2.21. The number of halogens is 1. The Morgan fingerprint density at radius 1 is 1.11 bits per heavy atom. The van der Waals surface area contributed by atoms with Crippen molar-refractivity contribution in [1.29, 1.82) is 0 Å². The third-order valence-corrected chi connectivity index (χ3v) is 4.21. The average Bonchev–Trinajstić information content (AvgIpc) is 2.94. The van der Waals surface area contributed by atoms with E-state index in [1.807, 2.05) is 12.1 Å². The lowest BCUT2D eigenvalue weighted by Gasteiger charge is -2.37. The summed E-state index contributed by atoms with van der Waals surface area (Å²) < 4.78 is 12.9. The molecular weight excluding hydrogens is 241 g/mol. The van der Waals surface area contributed by atoms with Crippen LogP contribution < -0.4 is 10.2 Å². The molecule has 0 aromatic heterocycles. The Morgan fingerprint density at radius 3 is 2.47 bits per heavy atom. The largest absolute Gasteiger partial charge is 0.369 e. The predicted octanol–water partition coefficient (Wildman–Crippen LogP) is 1.70. The minimum atomic E-state index is -0.158. The molecule has 1 unspecified atom stereocenters. The van der Waals surface area contributed by atoms with E-state index in [9.17, 15) is 4.39 Å². The third-order valence-electron chi connectivity index (χ3n) is 4.21. The fraction of sp³-hybridized carbons (Fsp3) is 0.600. The van der Waals surface area contributed by atoms with Gasteiger partial charge in [-0.25, -0.2) is 4.39 Å². The second-order valence-corrected chi connectivity index (χ2v) is 5.56. The predicted molar refractivity (Wildman–Crippen MR) is 76.1 cm³/mol. The van der Waals surface area contributed by atoms with E-state index in [2.05, 4.69) is 15.1 Å². The summed E-state index contributed by atoms with van der Waals surface area (Å²) in [6.07, 6.45) is 2.64. The van der Waals surface area contributed by atoms with Gasteiger partial charge in [-0.1, -0.05) is 0 Å². The second-order valence-electron chi connectivity index (χ2n) is 5.56. The van der Waals surface area contributed by atoms with Crippen molar-refractivity contribution in [3.05, 3.63) is 30.1 Å². The van der Waals surface area contributed by atoms with Gasteiger partial charge in [-0.15, -0.1) is 0 Å². The van der Waals surface area contributed by atoms with Crippen LogP contribution in [0.1, 0.15) is 12.8 Å². The van der Waals surface area contributed by atoms with Crippen LogP contribution in [-0.4, -0.2) is 50.2 Å². The molecule has 4 heteroatoms. The Kier molecular flexibility index (Phi) is 3.99. The van der Waals surface area contributed by atoms with E-state index in [0.29, 0.717) is 6.04 Å². The van der Waals surface area contributed by atoms with Crippen molar-refractivity contribution in [3.63, 3.8) is 0 Å². The summed E-state index contributed by atoms with van der Waals surface area (Å²) >= 11 is 0. The van der Waals surface area contributed by atoms with Crippen molar-refractivity contribution in [2.75, 3.05) is 44.2 Å². The van der Waals surface area contributed by atoms with Crippen LogP contribution in [-0.2, 0) is 0 Å². The number of anilines is 1. The highest BCUT2D eigenvalue weighted by atomic mass is 19.1. The number of benzene rings is 1. The second kappa shape index (κ2) is 5.88. The van der Waals surface area contributed by atoms with Gasteiger partial charge in [-0.2, -0.15) is 0 Å². The van der Waals surface area contributed by atoms with Crippen LogP contribution in [0.3, 0.4) is 0 Å². The van der Waals surface area contributed by atoms with Crippen molar-refractivity contribution in [3.8, 4) is 0 Å². The first-order valence-electron chi connectivity index (χ1n) is 7.27. The Balaban J connectivity index is 1.50. The molecule has 2 aliphatic heterocycles. The number of hydrogen-bond donors (Lipinski definition) is 1. The molecule has 2 aliphatic rings. The quantitative estimate of drug-likeness (QED) is 0.895. The molecule has 0 bridgehead atoms. The summed E-state index contributed by atoms with van der Waals surface area (Å²) in [7, 11) is 0. The van der Waals surface area contributed by atoms with Gasteiger partial charge in [0.2, 0.25) is 0 Å². The monoisotopic (exact) mass is 263 g/mol. The standard InChI is InChI=1S/C15H22FN3/c16-13-3-5-15(6-4-13)19-10-8-18(9-11-19)12-14-2-1-7-17-14/h3-6,14,17H,1-2,7-12H2. The van der Waals surface area contributed by atoms with Crippen molar-refractivity contribution >= 4 is 5.69 Å². The molecular formula is C15H22FN3. The molecule has 2 fully saturated rings. The van der Waals surface area contributed by atoms with Crippen molar-refractivity contribution in [1.82, 2.24) is 10.2 Å². The molecule has 2 heterocycles. The Hall–Kier alpha value is -1.13. The van der Waals surface area contributed by atoms with Crippen LogP contribution in [0, 0.1) is 5.82 Å². The van der Waals surface area contributed by atoms with E-state index in [-0.39, 0.29) is 5.82 Å². The van der Waals surface area contributed by atoms with Gasteiger partial charge in [-0.05, 0) is 43.7 Å². The van der Waals surface area contributed by atoms with Gasteiger partial charge in [0, 0.05) is 44.5 Å². The zero-order valence-electron chi connectivity index (χ0n) is 11.3. The first-order valence-corrected chi connectivity index (χ1v) is 7.27. The lowest BCUT2D eigenvalue weighted by atomic mass is 10.2. The third kappa shape index (κ3) is 3.25. The highest BCUT2D eigenvalue weighted by molar-refractivity contribution is 5.46. The maximum Gasteiger partial charge on any atom is 0.123 e. The number of nitrogens with zero attached hydrogens (tertiary/aromatic N) is 2. The summed E-state index contributed by atoms with van der Waals surface area (Å²) in [5.74, 6) is -0.158. The first kappa shape index (κ1) is 12.9. The van der Waals surface area contributed by atoms with Crippen LogP contribution in [0.15, 0.2) is 24.3 Å². The van der Waals surface area contributed by atoms with Gasteiger partial charge in [0.05, 0.1) is 0 Å². The van der Waals surface area contributed by atoms with E-state index in [0.717, 1.165) is 31.9 Å². The molecule has 1 N–H and O–H groups in total. The maximum atomic E-state index is 12.9. The van der Waals surface area contributed by atoms with Gasteiger partial charge in [0.25, 0.3) is 0 Å². The maximum absolute atomic E-state index is 12.9. The van der Waals surface area contributed by atoms with Gasteiger partial charge >= 0.3 is 0 Å². The first-order chi connectivity index (χ1) is 9.31. The zero-order chi connectivity index (χ0) is 13.1. The van der Waals surface area contributed by atoms with E-state index in [4.69, 9.17) is 0 Å². The molecule has 104 valence electrons. The Bertz CT molecular complexity index is 392. The molecule has 0 amide bonds. The Morgan fingerprint density at radius 2 is 1.84 bits per heavy atom. The van der Waals surface area contributed by atoms with Crippen molar-refractivity contribution in [2.24, 2.45) is 0 Å². The topological polar surface area (TPSA) is 18.5 Å². The Labute approximate surface area is 114 Å². The number of rotatable bonds is 3. The molecule has 1 aromatic carbocycles. The lowest BCUT2D eigenvalue weighted by molar-refractivity contribution is 0.236. The highest BCUT2D eigenvalue weighted by Crippen LogP contribution is 2.17. The summed E-state index contributed by atoms with van der Waals surface area (Å²) in [6, 6.07) is 7.54. The average molecular weight is 263 g/mol. The van der Waals surface area contributed by atoms with E-state index >= 15 is 0 Å². The SMILES string of the molecule is Fc1ccc(N2CCN(CC3CCCN3)CC2)cc1. The molecule has 3 rings (SSSR count). The molecule has 0 spiro atoms. The number of piperazine rings is 1. The van der Waals surface area contributed by atoms with E-state index in [1.165, 1.54) is 25.9 Å². The van der Waals surface area contributed by atoms with Crippen LogP contribution in [0.2, 0.25) is 0 Å². The summed E-state index contributed by atoms with van der Waals surface area (Å²) in [5.41, 5.74) is 1.14. The fourth-order valence-corrected chi connectivity index (χ4v) is 3.06. The molecule has 19 heavy (non-hydrogen) atoms. The minimum absolute atomic E-state index is 0.158. The van der Waals surface area contributed by atoms with Gasteiger partial charge in [0.15, 0.2) is 0 Å². The van der Waals surface area contributed by atoms with Crippen LogP contribution >= 0.6 is 0 Å². The molecule has 1 aromatic rings. The summed E-state index contributed by atoms with van der Waals surface area (Å²) in [6.45, 7) is 6.65. The smallest absolute Gasteiger partial charge is 0.123 e.